The number of amides is 1. The molecule has 1 aromatic rings. The molecule has 1 aromatic heterocycles. The number of rotatable bonds is 1. The Morgan fingerprint density at radius 1 is 1.67 bits per heavy atom. The fourth-order valence-electron chi connectivity index (χ4n) is 1.68. The minimum absolute atomic E-state index is 0.00310. The molecule has 0 bridgehead atoms. The largest absolute Gasteiger partial charge is 0.453 e. The summed E-state index contributed by atoms with van der Waals surface area (Å²) in [6.45, 7) is 0. The highest BCUT2D eigenvalue weighted by Crippen LogP contribution is 2.26. The van der Waals surface area contributed by atoms with Crippen LogP contribution in [0.4, 0.5) is 4.79 Å². The molecule has 0 saturated carbocycles. The molecule has 1 heterocycles. The zero-order valence-corrected chi connectivity index (χ0v) is 9.10. The number of hydrogen-bond donors (Lipinski definition) is 1. The summed E-state index contributed by atoms with van der Waals surface area (Å²) in [6, 6.07) is 1.54. The molecule has 0 aliphatic heterocycles. The Kier molecular flexibility index (Phi) is 2.73. The van der Waals surface area contributed by atoms with Gasteiger partial charge in [-0.3, -0.25) is 4.79 Å². The van der Waals surface area contributed by atoms with Crippen molar-refractivity contribution in [2.45, 2.75) is 18.9 Å². The molecule has 1 amide bonds. The molecule has 1 aliphatic carbocycles. The Balaban J connectivity index is 2.13. The number of aryl methyl sites for hydroxylation is 1. The Hall–Kier alpha value is -1.36. The molecule has 1 unspecified atom stereocenters. The molecule has 1 aliphatic rings. The number of hydrogen-bond acceptors (Lipinski definition) is 4. The Labute approximate surface area is 91.2 Å². The van der Waals surface area contributed by atoms with Crippen molar-refractivity contribution in [3.8, 4) is 0 Å². The van der Waals surface area contributed by atoms with Crippen LogP contribution in [0.15, 0.2) is 11.4 Å². The van der Waals surface area contributed by atoms with Gasteiger partial charge in [0.05, 0.1) is 18.0 Å². The zero-order chi connectivity index (χ0) is 10.8. The highest BCUT2D eigenvalue weighted by molar-refractivity contribution is 7.12. The van der Waals surface area contributed by atoms with E-state index in [1.54, 1.807) is 0 Å². The van der Waals surface area contributed by atoms with Gasteiger partial charge in [-0.25, -0.2) is 4.79 Å². The minimum Gasteiger partial charge on any atom is -0.453 e. The van der Waals surface area contributed by atoms with Crippen LogP contribution in [-0.4, -0.2) is 25.0 Å². The molecule has 0 saturated heterocycles. The van der Waals surface area contributed by atoms with E-state index in [0.29, 0.717) is 6.42 Å². The lowest BCUT2D eigenvalue weighted by Crippen LogP contribution is -2.42. The summed E-state index contributed by atoms with van der Waals surface area (Å²) in [5, 5.41) is 4.45. The van der Waals surface area contributed by atoms with Crippen molar-refractivity contribution in [1.82, 2.24) is 5.32 Å². The third kappa shape index (κ3) is 1.87. The maximum Gasteiger partial charge on any atom is 0.407 e. The van der Waals surface area contributed by atoms with Crippen LogP contribution in [0.2, 0.25) is 0 Å². The van der Waals surface area contributed by atoms with Crippen molar-refractivity contribution in [2.75, 3.05) is 7.11 Å². The smallest absolute Gasteiger partial charge is 0.407 e. The second kappa shape index (κ2) is 4.02. The van der Waals surface area contributed by atoms with Crippen molar-refractivity contribution in [3.63, 3.8) is 0 Å². The van der Waals surface area contributed by atoms with E-state index in [1.807, 2.05) is 11.4 Å². The van der Waals surface area contributed by atoms with E-state index in [0.717, 1.165) is 16.9 Å². The van der Waals surface area contributed by atoms with Gasteiger partial charge in [-0.05, 0) is 29.9 Å². The molecule has 0 radical (unpaired) electrons. The van der Waals surface area contributed by atoms with Gasteiger partial charge in [-0.15, -0.1) is 11.3 Å². The predicted molar refractivity (Wildman–Crippen MR) is 56.3 cm³/mol. The van der Waals surface area contributed by atoms with Gasteiger partial charge in [0.15, 0.2) is 5.78 Å². The first kappa shape index (κ1) is 10.2. The quantitative estimate of drug-likeness (QED) is 0.789. The maximum atomic E-state index is 11.9. The van der Waals surface area contributed by atoms with Gasteiger partial charge >= 0.3 is 6.09 Å². The van der Waals surface area contributed by atoms with Crippen LogP contribution in [0.5, 0.6) is 0 Å². The van der Waals surface area contributed by atoms with Crippen LogP contribution < -0.4 is 5.32 Å². The number of Topliss-reactive ketones (excluding diaryl/α,β-unsaturated/α-hetero) is 1. The van der Waals surface area contributed by atoms with Crippen molar-refractivity contribution < 1.29 is 14.3 Å². The van der Waals surface area contributed by atoms with E-state index < -0.39 is 12.1 Å². The fraction of sp³-hybridized carbons (Fsp3) is 0.400. The number of ketones is 1. The number of fused-ring (bicyclic) bond motifs is 1. The first-order chi connectivity index (χ1) is 7.22. The number of alkyl carbamates (subject to hydrolysis) is 1. The summed E-state index contributed by atoms with van der Waals surface area (Å²) in [7, 11) is 1.29. The standard InChI is InChI=1S/C10H11NO3S/c1-14-10(13)11-7-3-2-6-4-5-15-9(6)8(7)12/h4-5,7H,2-3H2,1H3,(H,11,13). The average molecular weight is 225 g/mol. The second-order valence-electron chi connectivity index (χ2n) is 3.37. The molecule has 1 N–H and O–H groups in total. The highest BCUT2D eigenvalue weighted by Gasteiger charge is 2.29. The molecule has 0 fully saturated rings. The summed E-state index contributed by atoms with van der Waals surface area (Å²) in [4.78, 5) is 23.6. The molecule has 0 aromatic carbocycles. The predicted octanol–water partition coefficient (Wildman–Crippen LogP) is 1.60. The molecule has 2 rings (SSSR count). The molecule has 80 valence electrons. The molecule has 4 nitrogen and oxygen atoms in total. The lowest BCUT2D eigenvalue weighted by atomic mass is 9.94. The Bertz CT molecular complexity index is 399. The van der Waals surface area contributed by atoms with Gasteiger partial charge in [-0.2, -0.15) is 0 Å². The first-order valence-corrected chi connectivity index (χ1v) is 5.55. The second-order valence-corrected chi connectivity index (χ2v) is 4.28. The first-order valence-electron chi connectivity index (χ1n) is 4.67. The number of ether oxygens (including phenoxy) is 1. The van der Waals surface area contributed by atoms with Gasteiger partial charge in [0, 0.05) is 0 Å². The third-order valence-corrected chi connectivity index (χ3v) is 3.44. The summed E-state index contributed by atoms with van der Waals surface area (Å²) in [6.07, 6.45) is 0.935. The van der Waals surface area contributed by atoms with E-state index in [9.17, 15) is 9.59 Å². The lowest BCUT2D eigenvalue weighted by molar-refractivity contribution is 0.0920. The average Bonchev–Trinajstić information content (AvgIpc) is 2.70. The lowest BCUT2D eigenvalue weighted by Gasteiger charge is -2.20. The minimum atomic E-state index is -0.548. The summed E-state index contributed by atoms with van der Waals surface area (Å²) >= 11 is 1.43. The van der Waals surface area contributed by atoms with Crippen molar-refractivity contribution in [1.29, 1.82) is 0 Å². The van der Waals surface area contributed by atoms with Crippen molar-refractivity contribution in [2.24, 2.45) is 0 Å². The molecule has 15 heavy (non-hydrogen) atoms. The number of methoxy groups -OCH3 is 1. The molecule has 1 atom stereocenters. The monoisotopic (exact) mass is 225 g/mol. The number of carbonyl (C=O) groups is 2. The van der Waals surface area contributed by atoms with Crippen LogP contribution >= 0.6 is 11.3 Å². The highest BCUT2D eigenvalue weighted by atomic mass is 32.1. The summed E-state index contributed by atoms with van der Waals surface area (Å²) in [5.41, 5.74) is 1.09. The van der Waals surface area contributed by atoms with Crippen molar-refractivity contribution in [3.05, 3.63) is 21.9 Å². The van der Waals surface area contributed by atoms with Crippen molar-refractivity contribution >= 4 is 23.2 Å². The van der Waals surface area contributed by atoms with Gasteiger partial charge in [-0.1, -0.05) is 0 Å². The third-order valence-electron chi connectivity index (χ3n) is 2.47. The van der Waals surface area contributed by atoms with Gasteiger partial charge in [0.1, 0.15) is 0 Å². The Morgan fingerprint density at radius 2 is 2.47 bits per heavy atom. The zero-order valence-electron chi connectivity index (χ0n) is 8.28. The fourth-order valence-corrected chi connectivity index (χ4v) is 2.63. The van der Waals surface area contributed by atoms with E-state index in [4.69, 9.17) is 0 Å². The molecular formula is C10H11NO3S. The molecule has 0 spiro atoms. The van der Waals surface area contributed by atoms with Crippen LogP contribution in [-0.2, 0) is 11.2 Å². The van der Waals surface area contributed by atoms with E-state index in [2.05, 4.69) is 10.1 Å². The number of thiophene rings is 1. The maximum absolute atomic E-state index is 11.9. The topological polar surface area (TPSA) is 55.4 Å². The molecular weight excluding hydrogens is 214 g/mol. The van der Waals surface area contributed by atoms with Crippen LogP contribution in [0, 0.1) is 0 Å². The summed E-state index contributed by atoms with van der Waals surface area (Å²) in [5.74, 6) is -0.00310. The van der Waals surface area contributed by atoms with Crippen LogP contribution in [0.3, 0.4) is 0 Å². The van der Waals surface area contributed by atoms with Crippen LogP contribution in [0.25, 0.3) is 0 Å². The van der Waals surface area contributed by atoms with E-state index in [1.165, 1.54) is 18.4 Å². The van der Waals surface area contributed by atoms with Gasteiger partial charge < -0.3 is 10.1 Å². The van der Waals surface area contributed by atoms with Gasteiger partial charge in [0.2, 0.25) is 0 Å². The molecule has 5 heteroatoms. The summed E-state index contributed by atoms with van der Waals surface area (Å²) < 4.78 is 4.47. The Morgan fingerprint density at radius 3 is 3.20 bits per heavy atom. The normalized spacial score (nSPS) is 19.5. The van der Waals surface area contributed by atoms with Gasteiger partial charge in [0.25, 0.3) is 0 Å². The van der Waals surface area contributed by atoms with E-state index in [-0.39, 0.29) is 5.78 Å². The van der Waals surface area contributed by atoms with E-state index >= 15 is 0 Å². The number of carbonyl (C=O) groups excluding carboxylic acids is 2. The van der Waals surface area contributed by atoms with Crippen LogP contribution in [0.1, 0.15) is 21.7 Å². The SMILES string of the molecule is COC(=O)NC1CCc2ccsc2C1=O. The number of nitrogens with one attached hydrogen (secondary N) is 1.